The monoisotopic (exact) mass is 345 g/mol. The van der Waals surface area contributed by atoms with Crippen molar-refractivity contribution in [2.75, 3.05) is 26.0 Å². The van der Waals surface area contributed by atoms with Gasteiger partial charge in [-0.15, -0.1) is 0 Å². The second-order valence-electron chi connectivity index (χ2n) is 5.94. The molecule has 1 heterocycles. The van der Waals surface area contributed by atoms with Crippen molar-refractivity contribution in [3.63, 3.8) is 0 Å². The van der Waals surface area contributed by atoms with Crippen molar-refractivity contribution in [3.8, 4) is 0 Å². The number of nitrogens with zero attached hydrogens (tertiary/aromatic N) is 1. The molecule has 1 aromatic rings. The van der Waals surface area contributed by atoms with E-state index in [9.17, 15) is 9.59 Å². The fraction of sp³-hybridized carbons (Fsp3) is 0.615. The molecule has 0 aliphatic carbocycles. The number of aromatic nitrogens is 1. The topological polar surface area (TPSA) is 104 Å². The molecule has 0 unspecified atom stereocenters. The summed E-state index contributed by atoms with van der Waals surface area (Å²) in [6, 6.07) is 0.926. The molecule has 1 amide bonds. The first kappa shape index (κ1) is 18.4. The molecule has 1 aromatic heterocycles. The van der Waals surface area contributed by atoms with Crippen LogP contribution >= 0.6 is 11.3 Å². The minimum Gasteiger partial charge on any atom is -0.465 e. The van der Waals surface area contributed by atoms with Crippen LogP contribution < -0.4 is 11.1 Å². The van der Waals surface area contributed by atoms with Crippen LogP contribution in [-0.2, 0) is 15.9 Å². The number of alkyl carbamates (subject to hydrolysis) is 1. The van der Waals surface area contributed by atoms with E-state index in [2.05, 4.69) is 34.7 Å². The first-order chi connectivity index (χ1) is 10.2. The van der Waals surface area contributed by atoms with Crippen molar-refractivity contribution in [1.29, 1.82) is 0 Å². The van der Waals surface area contributed by atoms with Crippen molar-refractivity contribution in [2.24, 2.45) is 0 Å². The number of thiazole rings is 1. The molecular formula is C13H23N3O4SSi. The average molecular weight is 345 g/mol. The molecule has 7 nitrogen and oxygen atoms in total. The standard InChI is InChI=1S/C13H23N3O4SSi/c1-19-11(17)10-9(16-12(14)21-10)5-6-15-13(18)20-7-8-22(2,3)4/h5-8H2,1-4H3,(H2,14,16)(H,15,18). The highest BCUT2D eigenvalue weighted by Crippen LogP contribution is 2.21. The number of nitrogens with one attached hydrogen (secondary N) is 1. The van der Waals surface area contributed by atoms with Crippen molar-refractivity contribution < 1.29 is 19.1 Å². The van der Waals surface area contributed by atoms with Gasteiger partial charge in [0.2, 0.25) is 0 Å². The van der Waals surface area contributed by atoms with E-state index in [4.69, 9.17) is 10.5 Å². The van der Waals surface area contributed by atoms with E-state index in [1.54, 1.807) is 0 Å². The Morgan fingerprint density at radius 1 is 1.36 bits per heavy atom. The lowest BCUT2D eigenvalue weighted by atomic mass is 10.2. The van der Waals surface area contributed by atoms with Crippen molar-refractivity contribution in [1.82, 2.24) is 10.3 Å². The zero-order chi connectivity index (χ0) is 16.8. The number of amides is 1. The number of rotatable bonds is 7. The Morgan fingerprint density at radius 2 is 2.05 bits per heavy atom. The quantitative estimate of drug-likeness (QED) is 0.579. The predicted molar refractivity (Wildman–Crippen MR) is 89.1 cm³/mol. The van der Waals surface area contributed by atoms with E-state index in [-0.39, 0.29) is 0 Å². The van der Waals surface area contributed by atoms with Crippen LogP contribution in [0.3, 0.4) is 0 Å². The van der Waals surface area contributed by atoms with Gasteiger partial charge in [0.05, 0.1) is 19.4 Å². The van der Waals surface area contributed by atoms with Crippen LogP contribution in [0, 0.1) is 0 Å². The van der Waals surface area contributed by atoms with E-state index < -0.39 is 20.1 Å². The Bertz CT molecular complexity index is 528. The minimum absolute atomic E-state index is 0.299. The molecule has 0 atom stereocenters. The van der Waals surface area contributed by atoms with Crippen LogP contribution in [0.25, 0.3) is 0 Å². The molecule has 0 aliphatic heterocycles. The van der Waals surface area contributed by atoms with E-state index in [0.29, 0.717) is 35.3 Å². The molecule has 124 valence electrons. The second kappa shape index (κ2) is 8.13. The van der Waals surface area contributed by atoms with Gasteiger partial charge in [-0.2, -0.15) is 0 Å². The van der Waals surface area contributed by atoms with Crippen LogP contribution in [0.15, 0.2) is 0 Å². The van der Waals surface area contributed by atoms with Gasteiger partial charge in [0.15, 0.2) is 5.13 Å². The maximum Gasteiger partial charge on any atom is 0.407 e. The first-order valence-corrected chi connectivity index (χ1v) is 11.5. The van der Waals surface area contributed by atoms with E-state index >= 15 is 0 Å². The number of carbonyl (C=O) groups is 2. The lowest BCUT2D eigenvalue weighted by Gasteiger charge is -2.15. The predicted octanol–water partition coefficient (Wildman–Crippen LogP) is 2.12. The Morgan fingerprint density at radius 3 is 2.64 bits per heavy atom. The molecule has 0 saturated carbocycles. The van der Waals surface area contributed by atoms with Gasteiger partial charge in [0, 0.05) is 21.0 Å². The second-order valence-corrected chi connectivity index (χ2v) is 12.6. The highest BCUT2D eigenvalue weighted by Gasteiger charge is 2.18. The van der Waals surface area contributed by atoms with Gasteiger partial charge in [-0.05, 0) is 6.04 Å². The van der Waals surface area contributed by atoms with Crippen molar-refractivity contribution in [2.45, 2.75) is 32.1 Å². The molecule has 1 rings (SSSR count). The molecule has 3 N–H and O–H groups in total. The Labute approximate surface area is 135 Å². The summed E-state index contributed by atoms with van der Waals surface area (Å²) in [5.74, 6) is -0.470. The molecule has 0 radical (unpaired) electrons. The van der Waals surface area contributed by atoms with Gasteiger partial charge in [-0.3, -0.25) is 0 Å². The average Bonchev–Trinajstić information content (AvgIpc) is 2.77. The number of carbonyl (C=O) groups excluding carboxylic acids is 2. The largest absolute Gasteiger partial charge is 0.465 e. The van der Waals surface area contributed by atoms with Gasteiger partial charge >= 0.3 is 12.1 Å². The zero-order valence-corrected chi connectivity index (χ0v) is 15.2. The summed E-state index contributed by atoms with van der Waals surface area (Å²) in [7, 11) is 0.0934. The van der Waals surface area contributed by atoms with E-state index in [1.807, 2.05) is 0 Å². The zero-order valence-electron chi connectivity index (χ0n) is 13.4. The molecule has 0 bridgehead atoms. The highest BCUT2D eigenvalue weighted by atomic mass is 32.1. The summed E-state index contributed by atoms with van der Waals surface area (Å²) in [6.07, 6.45) is -0.0672. The van der Waals surface area contributed by atoms with Crippen LogP contribution in [0.1, 0.15) is 15.4 Å². The van der Waals surface area contributed by atoms with Crippen molar-refractivity contribution in [3.05, 3.63) is 10.6 Å². The molecular weight excluding hydrogens is 322 g/mol. The molecule has 22 heavy (non-hydrogen) atoms. The molecule has 0 aliphatic rings. The number of methoxy groups -OCH3 is 1. The van der Waals surface area contributed by atoms with E-state index in [1.165, 1.54) is 7.11 Å². The summed E-state index contributed by atoms with van der Waals surface area (Å²) in [5, 5.41) is 2.94. The van der Waals surface area contributed by atoms with Gasteiger partial charge in [-0.1, -0.05) is 31.0 Å². The maximum atomic E-state index is 11.6. The fourth-order valence-electron chi connectivity index (χ4n) is 1.58. The van der Waals surface area contributed by atoms with Crippen molar-refractivity contribution >= 4 is 36.6 Å². The summed E-state index contributed by atoms with van der Waals surface area (Å²) in [6.45, 7) is 7.40. The minimum atomic E-state index is -1.21. The van der Waals surface area contributed by atoms with Gasteiger partial charge in [0.25, 0.3) is 0 Å². The summed E-state index contributed by atoms with van der Waals surface area (Å²) in [4.78, 5) is 27.6. The summed E-state index contributed by atoms with van der Waals surface area (Å²) in [5.41, 5.74) is 6.13. The maximum absolute atomic E-state index is 11.6. The van der Waals surface area contributed by atoms with Crippen LogP contribution in [0.4, 0.5) is 9.93 Å². The van der Waals surface area contributed by atoms with Gasteiger partial charge < -0.3 is 20.5 Å². The van der Waals surface area contributed by atoms with Gasteiger partial charge in [0.1, 0.15) is 4.88 Å². The number of esters is 1. The Balaban J connectivity index is 2.38. The number of anilines is 1. The van der Waals surface area contributed by atoms with Crippen LogP contribution in [0.5, 0.6) is 0 Å². The third-order valence-electron chi connectivity index (χ3n) is 2.80. The molecule has 0 fully saturated rings. The van der Waals surface area contributed by atoms with Gasteiger partial charge in [-0.25, -0.2) is 14.6 Å². The summed E-state index contributed by atoms with van der Waals surface area (Å²) < 4.78 is 9.78. The third kappa shape index (κ3) is 6.44. The highest BCUT2D eigenvalue weighted by molar-refractivity contribution is 7.17. The molecule has 0 aromatic carbocycles. The SMILES string of the molecule is COC(=O)c1sc(N)nc1CCNC(=O)OCC[Si](C)(C)C. The molecule has 9 heteroatoms. The van der Waals surface area contributed by atoms with Crippen LogP contribution in [-0.4, -0.2) is 45.4 Å². The normalized spacial score (nSPS) is 11.1. The Kier molecular flexibility index (Phi) is 6.82. The lowest BCUT2D eigenvalue weighted by Crippen LogP contribution is -2.29. The number of nitrogens with two attached hydrogens (primary N) is 1. The lowest BCUT2D eigenvalue weighted by molar-refractivity contribution is 0.0605. The molecule has 0 saturated heterocycles. The molecule has 0 spiro atoms. The summed E-state index contributed by atoms with van der Waals surface area (Å²) >= 11 is 1.08. The number of nitrogen functional groups attached to an aromatic ring is 1. The fourth-order valence-corrected chi connectivity index (χ4v) is 3.09. The third-order valence-corrected chi connectivity index (χ3v) is 5.41. The smallest absolute Gasteiger partial charge is 0.407 e. The number of ether oxygens (including phenoxy) is 2. The van der Waals surface area contributed by atoms with Crippen LogP contribution in [0.2, 0.25) is 25.7 Å². The number of hydrogen-bond donors (Lipinski definition) is 2. The first-order valence-electron chi connectivity index (χ1n) is 6.97. The number of hydrogen-bond acceptors (Lipinski definition) is 7. The Hall–Kier alpha value is -1.61. The van der Waals surface area contributed by atoms with E-state index in [0.717, 1.165) is 17.4 Å².